The first kappa shape index (κ1) is 24.8. The van der Waals surface area contributed by atoms with Crippen molar-refractivity contribution in [2.24, 2.45) is 7.05 Å². The van der Waals surface area contributed by atoms with Gasteiger partial charge < -0.3 is 14.5 Å². The Bertz CT molecular complexity index is 1450. The van der Waals surface area contributed by atoms with Gasteiger partial charge in [-0.2, -0.15) is 5.10 Å². The van der Waals surface area contributed by atoms with E-state index in [1.54, 1.807) is 7.11 Å². The Morgan fingerprint density at radius 3 is 2.84 bits per heavy atom. The number of benzene rings is 2. The van der Waals surface area contributed by atoms with Crippen LogP contribution in [0.1, 0.15) is 46.0 Å². The maximum Gasteiger partial charge on any atom is 0.330 e. The van der Waals surface area contributed by atoms with Crippen molar-refractivity contribution in [1.29, 1.82) is 0 Å². The molecule has 192 valence electrons. The zero-order valence-corrected chi connectivity index (χ0v) is 22.0. The van der Waals surface area contributed by atoms with Gasteiger partial charge in [0.15, 0.2) is 0 Å². The van der Waals surface area contributed by atoms with E-state index in [4.69, 9.17) is 9.47 Å². The Kier molecular flexibility index (Phi) is 7.15. The molecule has 0 bridgehead atoms. The van der Waals surface area contributed by atoms with Crippen molar-refractivity contribution in [3.63, 3.8) is 0 Å². The summed E-state index contributed by atoms with van der Waals surface area (Å²) in [5, 5.41) is 5.73. The lowest BCUT2D eigenvalue weighted by Gasteiger charge is -2.30. The molecule has 2 heterocycles. The Morgan fingerprint density at radius 1 is 1.22 bits per heavy atom. The number of aromatic nitrogens is 3. The first-order valence-electron chi connectivity index (χ1n) is 12.7. The van der Waals surface area contributed by atoms with Gasteiger partial charge >= 0.3 is 5.97 Å². The van der Waals surface area contributed by atoms with E-state index in [2.05, 4.69) is 58.4 Å². The molecule has 0 fully saturated rings. The van der Waals surface area contributed by atoms with Gasteiger partial charge in [0.25, 0.3) is 0 Å². The minimum Gasteiger partial charge on any atom is -0.497 e. The second-order valence-electron chi connectivity index (χ2n) is 9.69. The number of hydrogen-bond donors (Lipinski definition) is 1. The highest BCUT2D eigenvalue weighted by atomic mass is 16.5. The van der Waals surface area contributed by atoms with E-state index in [-0.39, 0.29) is 5.97 Å². The molecule has 0 saturated heterocycles. The van der Waals surface area contributed by atoms with E-state index in [9.17, 15) is 4.79 Å². The molecule has 2 aromatic carbocycles. The summed E-state index contributed by atoms with van der Waals surface area (Å²) in [6.07, 6.45) is 10.5. The molecule has 1 atom stereocenters. The van der Waals surface area contributed by atoms with Crippen LogP contribution in [0.2, 0.25) is 0 Å². The summed E-state index contributed by atoms with van der Waals surface area (Å²) < 4.78 is 12.1. The summed E-state index contributed by atoms with van der Waals surface area (Å²) in [5.74, 6) is 0.519. The third-order valence-electron chi connectivity index (χ3n) is 7.62. The van der Waals surface area contributed by atoms with Gasteiger partial charge in [0.05, 0.1) is 20.4 Å². The van der Waals surface area contributed by atoms with Crippen molar-refractivity contribution < 1.29 is 14.3 Å². The fourth-order valence-corrected chi connectivity index (χ4v) is 5.36. The van der Waals surface area contributed by atoms with Crippen molar-refractivity contribution in [3.8, 4) is 5.75 Å². The minimum absolute atomic E-state index is 0.332. The van der Waals surface area contributed by atoms with Gasteiger partial charge in [0.1, 0.15) is 5.75 Å². The van der Waals surface area contributed by atoms with Gasteiger partial charge in [-0.3, -0.25) is 9.58 Å². The first-order valence-corrected chi connectivity index (χ1v) is 12.7. The van der Waals surface area contributed by atoms with Crippen LogP contribution in [0.25, 0.3) is 17.0 Å². The van der Waals surface area contributed by atoms with Crippen LogP contribution < -0.4 is 4.74 Å². The lowest BCUT2D eigenvalue weighted by molar-refractivity contribution is -0.134. The number of carbonyl (C=O) groups is 1. The Morgan fingerprint density at radius 2 is 2.08 bits per heavy atom. The smallest absolute Gasteiger partial charge is 0.330 e. The molecule has 7 heteroatoms. The maximum atomic E-state index is 11.5. The van der Waals surface area contributed by atoms with Gasteiger partial charge in [-0.1, -0.05) is 18.2 Å². The number of nitrogens with zero attached hydrogens (tertiary/aromatic N) is 3. The van der Waals surface area contributed by atoms with Crippen molar-refractivity contribution in [3.05, 3.63) is 88.4 Å². The van der Waals surface area contributed by atoms with Gasteiger partial charge in [0.2, 0.25) is 0 Å². The molecule has 1 N–H and O–H groups in total. The summed E-state index contributed by atoms with van der Waals surface area (Å²) in [7, 11) is 5.09. The molecule has 37 heavy (non-hydrogen) atoms. The predicted octanol–water partition coefficient (Wildman–Crippen LogP) is 5.14. The summed E-state index contributed by atoms with van der Waals surface area (Å²) in [6.45, 7) is 3.92. The molecule has 2 aromatic heterocycles. The molecule has 0 spiro atoms. The van der Waals surface area contributed by atoms with Crippen LogP contribution >= 0.6 is 0 Å². The second kappa shape index (κ2) is 10.6. The quantitative estimate of drug-likeness (QED) is 0.256. The van der Waals surface area contributed by atoms with Gasteiger partial charge in [-0.15, -0.1) is 0 Å². The fraction of sp³-hybridized carbons (Fsp3) is 0.333. The van der Waals surface area contributed by atoms with E-state index in [0.29, 0.717) is 6.04 Å². The Hall–Kier alpha value is -3.84. The standard InChI is InChI=1S/C30H34N4O3/c1-20-24(18-32-33(20)2)19-34(14-13-23-17-31-28-16-25(36-3)8-10-26(23)28)29-11-7-22-15-21(5-9-27(22)29)6-12-30(35)37-4/h5-6,8-10,12,15-18,29,31H,7,11,13-14,19H2,1-4H3. The molecule has 0 saturated carbocycles. The zero-order valence-electron chi connectivity index (χ0n) is 22.0. The number of ether oxygens (including phenoxy) is 2. The maximum absolute atomic E-state index is 11.5. The number of hydrogen-bond acceptors (Lipinski definition) is 5. The number of aromatic amines is 1. The van der Waals surface area contributed by atoms with E-state index in [0.717, 1.165) is 49.2 Å². The van der Waals surface area contributed by atoms with Crippen molar-refractivity contribution in [2.75, 3.05) is 20.8 Å². The highest BCUT2D eigenvalue weighted by molar-refractivity contribution is 5.87. The third-order valence-corrected chi connectivity index (χ3v) is 7.62. The molecule has 0 amide bonds. The number of aryl methyl sites for hydroxylation is 2. The molecule has 7 nitrogen and oxygen atoms in total. The normalized spacial score (nSPS) is 15.1. The van der Waals surface area contributed by atoms with Crippen LogP contribution in [0.3, 0.4) is 0 Å². The minimum atomic E-state index is -0.341. The monoisotopic (exact) mass is 498 g/mol. The summed E-state index contributed by atoms with van der Waals surface area (Å²) >= 11 is 0. The van der Waals surface area contributed by atoms with Crippen LogP contribution in [0.15, 0.2) is 54.9 Å². The molecule has 0 aliphatic heterocycles. The molecule has 5 rings (SSSR count). The second-order valence-corrected chi connectivity index (χ2v) is 9.69. The summed E-state index contributed by atoms with van der Waals surface area (Å²) in [5.41, 5.74) is 8.62. The summed E-state index contributed by atoms with van der Waals surface area (Å²) in [6, 6.07) is 13.1. The van der Waals surface area contributed by atoms with Gasteiger partial charge in [-0.05, 0) is 66.6 Å². The summed E-state index contributed by atoms with van der Waals surface area (Å²) in [4.78, 5) is 17.5. The SMILES string of the molecule is COC(=O)C=Cc1ccc2c(c1)CCC2N(CCc1c[nH]c2cc(OC)ccc12)Cc1cnn(C)c1C. The molecule has 4 aromatic rings. The molecule has 1 aliphatic carbocycles. The largest absolute Gasteiger partial charge is 0.497 e. The molecular formula is C30H34N4O3. The number of nitrogens with one attached hydrogen (secondary N) is 1. The first-order chi connectivity index (χ1) is 18.0. The fourth-order valence-electron chi connectivity index (χ4n) is 5.36. The lowest BCUT2D eigenvalue weighted by Crippen LogP contribution is -2.29. The van der Waals surface area contributed by atoms with Crippen LogP contribution in [0.4, 0.5) is 0 Å². The Labute approximate surface area is 217 Å². The van der Waals surface area contributed by atoms with Gasteiger partial charge in [-0.25, -0.2) is 4.79 Å². The number of esters is 1. The number of H-pyrrole nitrogens is 1. The number of fused-ring (bicyclic) bond motifs is 2. The average molecular weight is 499 g/mol. The van der Waals surface area contributed by atoms with Crippen LogP contribution in [-0.2, 0) is 36.0 Å². The zero-order chi connectivity index (χ0) is 25.9. The molecule has 1 unspecified atom stereocenters. The van der Waals surface area contributed by atoms with Crippen LogP contribution in [-0.4, -0.2) is 46.4 Å². The van der Waals surface area contributed by atoms with E-state index < -0.39 is 0 Å². The number of rotatable bonds is 9. The topological polar surface area (TPSA) is 72.4 Å². The molecular weight excluding hydrogens is 464 g/mol. The molecule has 0 radical (unpaired) electrons. The average Bonchev–Trinajstić information content (AvgIpc) is 3.62. The highest BCUT2D eigenvalue weighted by Gasteiger charge is 2.29. The van der Waals surface area contributed by atoms with Crippen LogP contribution in [0.5, 0.6) is 5.75 Å². The van der Waals surface area contributed by atoms with Crippen molar-refractivity contribution in [1.82, 2.24) is 19.7 Å². The highest BCUT2D eigenvalue weighted by Crippen LogP contribution is 2.38. The van der Waals surface area contributed by atoms with E-state index >= 15 is 0 Å². The third kappa shape index (κ3) is 5.18. The van der Waals surface area contributed by atoms with Crippen molar-refractivity contribution >= 4 is 22.9 Å². The van der Waals surface area contributed by atoms with Gasteiger partial charge in [0, 0.05) is 66.7 Å². The number of carbonyl (C=O) groups excluding carboxylic acids is 1. The van der Waals surface area contributed by atoms with Crippen LogP contribution in [0, 0.1) is 6.92 Å². The Balaban J connectivity index is 1.40. The predicted molar refractivity (Wildman–Crippen MR) is 145 cm³/mol. The molecule has 1 aliphatic rings. The number of methoxy groups -OCH3 is 2. The lowest BCUT2D eigenvalue weighted by atomic mass is 10.0. The van der Waals surface area contributed by atoms with E-state index in [1.807, 2.05) is 30.1 Å². The van der Waals surface area contributed by atoms with E-state index in [1.165, 1.54) is 46.5 Å². The van der Waals surface area contributed by atoms with Crippen molar-refractivity contribution in [2.45, 2.75) is 38.8 Å².